The Morgan fingerprint density at radius 3 is 2.69 bits per heavy atom. The van der Waals surface area contributed by atoms with Crippen molar-refractivity contribution in [3.8, 4) is 11.5 Å². The lowest BCUT2D eigenvalue weighted by atomic mass is 10.1. The van der Waals surface area contributed by atoms with Gasteiger partial charge in [-0.05, 0) is 30.5 Å². The van der Waals surface area contributed by atoms with E-state index in [9.17, 15) is 0 Å². The zero-order valence-corrected chi connectivity index (χ0v) is 11.5. The van der Waals surface area contributed by atoms with Crippen LogP contribution in [0, 0.1) is 0 Å². The van der Waals surface area contributed by atoms with E-state index in [0.717, 1.165) is 36.1 Å². The van der Waals surface area contributed by atoms with E-state index in [1.807, 2.05) is 6.07 Å². The molecule has 0 aliphatic heterocycles. The minimum atomic E-state index is 0.717. The fraction of sp³-hybridized carbons (Fsp3) is 0.538. The third-order valence-corrected chi connectivity index (χ3v) is 2.86. The van der Waals surface area contributed by atoms with Gasteiger partial charge < -0.3 is 9.47 Å². The molecule has 0 atom stereocenters. The van der Waals surface area contributed by atoms with Gasteiger partial charge in [0, 0.05) is 5.33 Å². The summed E-state index contributed by atoms with van der Waals surface area (Å²) in [6, 6.07) is 6.17. The van der Waals surface area contributed by atoms with Crippen LogP contribution in [0.5, 0.6) is 11.5 Å². The van der Waals surface area contributed by atoms with Gasteiger partial charge in [-0.25, -0.2) is 0 Å². The van der Waals surface area contributed by atoms with Crippen molar-refractivity contribution in [3.05, 3.63) is 23.8 Å². The number of ether oxygens (including phenoxy) is 2. The summed E-state index contributed by atoms with van der Waals surface area (Å²) in [5, 5.41) is 0.962. The van der Waals surface area contributed by atoms with Gasteiger partial charge in [-0.1, -0.05) is 35.3 Å². The summed E-state index contributed by atoms with van der Waals surface area (Å²) in [6.07, 6.45) is 3.23. The summed E-state index contributed by atoms with van der Waals surface area (Å²) in [7, 11) is 1.68. The van der Waals surface area contributed by atoms with Crippen molar-refractivity contribution >= 4 is 15.9 Å². The first-order valence-corrected chi connectivity index (χ1v) is 6.79. The minimum Gasteiger partial charge on any atom is -0.493 e. The molecule has 0 saturated heterocycles. The maximum Gasteiger partial charge on any atom is 0.161 e. The molecule has 0 aliphatic rings. The molecule has 16 heavy (non-hydrogen) atoms. The zero-order valence-electron chi connectivity index (χ0n) is 9.96. The van der Waals surface area contributed by atoms with E-state index < -0.39 is 0 Å². The Morgan fingerprint density at radius 2 is 2.06 bits per heavy atom. The molecule has 90 valence electrons. The molecular weight excluding hydrogens is 268 g/mol. The molecule has 0 bridgehead atoms. The third-order valence-electron chi connectivity index (χ3n) is 2.30. The molecule has 0 heterocycles. The largest absolute Gasteiger partial charge is 0.493 e. The fourth-order valence-electron chi connectivity index (χ4n) is 1.51. The molecule has 3 heteroatoms. The van der Waals surface area contributed by atoms with Crippen molar-refractivity contribution in [2.75, 3.05) is 19.0 Å². The molecule has 0 saturated carbocycles. The lowest BCUT2D eigenvalue weighted by Gasteiger charge is -2.11. The first-order chi connectivity index (χ1) is 7.81. The predicted octanol–water partition coefficient (Wildman–Crippen LogP) is 3.81. The lowest BCUT2D eigenvalue weighted by Crippen LogP contribution is -2.00. The van der Waals surface area contributed by atoms with Crippen LogP contribution in [0.3, 0.4) is 0 Å². The molecule has 0 aromatic heterocycles. The van der Waals surface area contributed by atoms with Crippen LogP contribution in [-0.2, 0) is 6.42 Å². The highest BCUT2D eigenvalue weighted by molar-refractivity contribution is 9.09. The molecule has 0 aliphatic carbocycles. The quantitative estimate of drug-likeness (QED) is 0.561. The molecule has 0 spiro atoms. The monoisotopic (exact) mass is 286 g/mol. The third kappa shape index (κ3) is 4.05. The van der Waals surface area contributed by atoms with Gasteiger partial charge in [0.25, 0.3) is 0 Å². The number of hydrogen-bond donors (Lipinski definition) is 0. The number of halogens is 1. The van der Waals surface area contributed by atoms with Gasteiger partial charge in [0.15, 0.2) is 11.5 Å². The van der Waals surface area contributed by atoms with Crippen LogP contribution in [-0.4, -0.2) is 19.0 Å². The van der Waals surface area contributed by atoms with Crippen molar-refractivity contribution in [2.45, 2.75) is 26.2 Å². The van der Waals surface area contributed by atoms with Gasteiger partial charge in [-0.3, -0.25) is 0 Å². The minimum absolute atomic E-state index is 0.717. The Balaban J connectivity index is 2.68. The number of alkyl halides is 1. The Morgan fingerprint density at radius 1 is 1.25 bits per heavy atom. The van der Waals surface area contributed by atoms with Crippen molar-refractivity contribution < 1.29 is 9.47 Å². The molecule has 1 aromatic rings. The van der Waals surface area contributed by atoms with E-state index >= 15 is 0 Å². The molecular formula is C13H19BrO2. The van der Waals surface area contributed by atoms with Gasteiger partial charge in [0.05, 0.1) is 13.7 Å². The topological polar surface area (TPSA) is 18.5 Å². The second-order valence-corrected chi connectivity index (χ2v) is 4.42. The van der Waals surface area contributed by atoms with Gasteiger partial charge in [-0.15, -0.1) is 0 Å². The molecule has 0 fully saturated rings. The van der Waals surface area contributed by atoms with E-state index in [0.29, 0.717) is 6.61 Å². The predicted molar refractivity (Wildman–Crippen MR) is 70.9 cm³/mol. The van der Waals surface area contributed by atoms with Crippen LogP contribution in [0.1, 0.15) is 25.3 Å². The van der Waals surface area contributed by atoms with E-state index in [4.69, 9.17) is 9.47 Å². The maximum absolute atomic E-state index is 5.65. The van der Waals surface area contributed by atoms with Crippen LogP contribution in [0.4, 0.5) is 0 Å². The molecule has 0 N–H and O–H groups in total. The van der Waals surface area contributed by atoms with E-state index in [-0.39, 0.29) is 0 Å². The SMILES string of the molecule is CCCc1ccc(OCCCBr)c(OC)c1. The smallest absolute Gasteiger partial charge is 0.161 e. The van der Waals surface area contributed by atoms with Crippen molar-refractivity contribution in [2.24, 2.45) is 0 Å². The Bertz CT molecular complexity index is 313. The second kappa shape index (κ2) is 7.55. The van der Waals surface area contributed by atoms with Crippen molar-refractivity contribution in [3.63, 3.8) is 0 Å². The highest BCUT2D eigenvalue weighted by atomic mass is 79.9. The number of hydrogen-bond acceptors (Lipinski definition) is 2. The van der Waals surface area contributed by atoms with Gasteiger partial charge in [-0.2, -0.15) is 0 Å². The van der Waals surface area contributed by atoms with Gasteiger partial charge in [0.2, 0.25) is 0 Å². The first kappa shape index (κ1) is 13.4. The average molecular weight is 287 g/mol. The number of rotatable bonds is 7. The van der Waals surface area contributed by atoms with Gasteiger partial charge in [0.1, 0.15) is 0 Å². The summed E-state index contributed by atoms with van der Waals surface area (Å²) in [5.41, 5.74) is 1.30. The van der Waals surface area contributed by atoms with Crippen LogP contribution in [0.25, 0.3) is 0 Å². The van der Waals surface area contributed by atoms with Crippen LogP contribution >= 0.6 is 15.9 Å². The van der Waals surface area contributed by atoms with Crippen LogP contribution in [0.15, 0.2) is 18.2 Å². The molecule has 1 rings (SSSR count). The Labute approximate surface area is 106 Å². The Kier molecular flexibility index (Phi) is 6.31. The summed E-state index contributed by atoms with van der Waals surface area (Å²) in [4.78, 5) is 0. The normalized spacial score (nSPS) is 10.2. The molecule has 1 aromatic carbocycles. The zero-order chi connectivity index (χ0) is 11.8. The molecule has 0 amide bonds. The Hall–Kier alpha value is -0.700. The second-order valence-electron chi connectivity index (χ2n) is 3.63. The molecule has 0 unspecified atom stereocenters. The number of aryl methyl sites for hydroxylation is 1. The van der Waals surface area contributed by atoms with E-state index in [2.05, 4.69) is 35.0 Å². The fourth-order valence-corrected chi connectivity index (χ4v) is 1.74. The highest BCUT2D eigenvalue weighted by Gasteiger charge is 2.05. The number of benzene rings is 1. The van der Waals surface area contributed by atoms with Crippen LogP contribution < -0.4 is 9.47 Å². The number of methoxy groups -OCH3 is 1. The van der Waals surface area contributed by atoms with E-state index in [1.54, 1.807) is 7.11 Å². The van der Waals surface area contributed by atoms with Crippen LogP contribution in [0.2, 0.25) is 0 Å². The standard InChI is InChI=1S/C13H19BrO2/c1-3-5-11-6-7-12(13(10-11)15-2)16-9-4-8-14/h6-7,10H,3-5,8-9H2,1-2H3. The summed E-state index contributed by atoms with van der Waals surface area (Å²) >= 11 is 3.38. The van der Waals surface area contributed by atoms with Crippen molar-refractivity contribution in [1.29, 1.82) is 0 Å². The summed E-state index contributed by atoms with van der Waals surface area (Å²) in [5.74, 6) is 1.67. The lowest BCUT2D eigenvalue weighted by molar-refractivity contribution is 0.295. The average Bonchev–Trinajstić information content (AvgIpc) is 2.31. The molecule has 2 nitrogen and oxygen atoms in total. The summed E-state index contributed by atoms with van der Waals surface area (Å²) in [6.45, 7) is 2.89. The van der Waals surface area contributed by atoms with Gasteiger partial charge >= 0.3 is 0 Å². The maximum atomic E-state index is 5.65. The van der Waals surface area contributed by atoms with E-state index in [1.165, 1.54) is 5.56 Å². The first-order valence-electron chi connectivity index (χ1n) is 5.67. The van der Waals surface area contributed by atoms with Crippen molar-refractivity contribution in [1.82, 2.24) is 0 Å². The highest BCUT2D eigenvalue weighted by Crippen LogP contribution is 2.28. The summed E-state index contributed by atoms with van der Waals surface area (Å²) < 4.78 is 11.0. The molecule has 0 radical (unpaired) electrons.